The van der Waals surface area contributed by atoms with E-state index >= 15 is 0 Å². The molecular formula is C29H45IN4. The topological polar surface area (TPSA) is 67.3 Å². The third-order valence-electron chi connectivity index (χ3n) is 5.03. The first kappa shape index (κ1) is 31.8. The fraction of sp³-hybridized carbons (Fsp3) is 0.345. The van der Waals surface area contributed by atoms with Crippen LogP contribution in [0.2, 0.25) is 0 Å². The van der Waals surface area contributed by atoms with Gasteiger partial charge in [0.15, 0.2) is 0 Å². The number of benzene rings is 2. The predicted molar refractivity (Wildman–Crippen MR) is 162 cm³/mol. The number of alkyl halides is 1. The highest BCUT2D eigenvalue weighted by Crippen LogP contribution is 2.19. The molecule has 5 heteroatoms. The maximum Gasteiger partial charge on any atom is 0.0486 e. The van der Waals surface area contributed by atoms with Crippen molar-refractivity contribution >= 4 is 25.2 Å². The lowest BCUT2D eigenvalue weighted by atomic mass is 10.1. The lowest BCUT2D eigenvalue weighted by Gasteiger charge is -2.22. The van der Waals surface area contributed by atoms with Crippen molar-refractivity contribution in [3.63, 3.8) is 0 Å². The van der Waals surface area contributed by atoms with Gasteiger partial charge in [-0.25, -0.2) is 0 Å². The summed E-state index contributed by atoms with van der Waals surface area (Å²) < 4.78 is 3.60. The van der Waals surface area contributed by atoms with Crippen molar-refractivity contribution in [3.8, 4) is 0 Å². The van der Waals surface area contributed by atoms with Gasteiger partial charge in [0, 0.05) is 30.5 Å². The van der Waals surface area contributed by atoms with Crippen LogP contribution in [0.3, 0.4) is 0 Å². The molecule has 0 aromatic heterocycles. The van der Waals surface area contributed by atoms with E-state index in [9.17, 15) is 0 Å². The van der Waals surface area contributed by atoms with Gasteiger partial charge in [0.1, 0.15) is 0 Å². The standard InChI is InChI=1S/C14H20N2.C7H9N.C6H11N.C2H5I/c1-12(14-9-6-10-16(14)2)15-11-13-7-4-3-5-8-13;8-6-7-4-2-1-3-5-7;1-3-4-5-6(2)7;1-3-2/h3-5,7-8,14-15H,1,6,9-11H2,2H3;1-5H,6,8H2;3H,1-2,4-5,7H2;1H2,2H3. The normalized spacial score (nSPS) is 14.1. The first-order valence-electron chi connectivity index (χ1n) is 11.6. The zero-order valence-corrected chi connectivity index (χ0v) is 23.3. The first-order chi connectivity index (χ1) is 16.4. The van der Waals surface area contributed by atoms with Crippen LogP contribution in [0.5, 0.6) is 0 Å². The molecule has 1 aliphatic heterocycles. The van der Waals surface area contributed by atoms with Gasteiger partial charge in [-0.2, -0.15) is 0 Å². The highest BCUT2D eigenvalue weighted by atomic mass is 127. The maximum atomic E-state index is 5.35. The second-order valence-corrected chi connectivity index (χ2v) is 9.47. The zero-order valence-electron chi connectivity index (χ0n) is 21.2. The summed E-state index contributed by atoms with van der Waals surface area (Å²) in [6, 6.07) is 21.0. The molecule has 1 fully saturated rings. The minimum atomic E-state index is 0.340. The first-order valence-corrected chi connectivity index (χ1v) is 15.3. The number of nitrogens with two attached hydrogens (primary N) is 2. The number of allylic oxidation sites excluding steroid dienone is 2. The molecule has 2 aromatic carbocycles. The summed E-state index contributed by atoms with van der Waals surface area (Å²) in [6.45, 7) is 13.9. The Labute approximate surface area is 218 Å². The van der Waals surface area contributed by atoms with Gasteiger partial charge in [-0.1, -0.05) is 84.4 Å². The number of rotatable bonds is 8. The summed E-state index contributed by atoms with van der Waals surface area (Å²) in [7, 11) is 2.17. The third kappa shape index (κ3) is 16.4. The Morgan fingerprint density at radius 2 is 1.62 bits per heavy atom. The Balaban J connectivity index is 0.000000508. The van der Waals surface area contributed by atoms with Crippen LogP contribution in [-0.4, -0.2) is 34.0 Å². The molecule has 1 aliphatic rings. The van der Waals surface area contributed by atoms with Gasteiger partial charge in [0.2, 0.25) is 0 Å². The van der Waals surface area contributed by atoms with Gasteiger partial charge in [0.05, 0.1) is 0 Å². The van der Waals surface area contributed by atoms with Crippen LogP contribution >= 0.6 is 20.7 Å². The molecule has 1 saturated heterocycles. The molecule has 0 saturated carbocycles. The third-order valence-corrected chi connectivity index (χ3v) is 5.03. The molecule has 1 unspecified atom stereocenters. The molecule has 0 aliphatic carbocycles. The summed E-state index contributed by atoms with van der Waals surface area (Å²) in [4.78, 5) is 4.50. The second kappa shape index (κ2) is 21.3. The van der Waals surface area contributed by atoms with E-state index in [0.717, 1.165) is 30.8 Å². The number of hydrogen-bond acceptors (Lipinski definition) is 4. The summed E-state index contributed by atoms with van der Waals surface area (Å²) in [5, 5.41) is 3.44. The molecule has 4 nitrogen and oxygen atoms in total. The molecule has 1 atom stereocenters. The van der Waals surface area contributed by atoms with Crippen LogP contribution in [0.25, 0.3) is 0 Å². The fourth-order valence-corrected chi connectivity index (χ4v) is 3.18. The van der Waals surface area contributed by atoms with Gasteiger partial charge in [0.25, 0.3) is 0 Å². The average Bonchev–Trinajstić information content (AvgIpc) is 3.29. The largest absolute Gasteiger partial charge is 0.403 e. The number of hydrogen-bond donors (Lipinski definition) is 3. The monoisotopic (exact) mass is 576 g/mol. The summed E-state index contributed by atoms with van der Waals surface area (Å²) in [5.41, 5.74) is 15.0. The van der Waals surface area contributed by atoms with Gasteiger partial charge in [-0.15, -0.1) is 27.3 Å². The average molecular weight is 577 g/mol. The Kier molecular flexibility index (Phi) is 19.9. The van der Waals surface area contributed by atoms with Crippen LogP contribution in [0.15, 0.2) is 97.9 Å². The molecule has 1 heterocycles. The van der Waals surface area contributed by atoms with E-state index in [1.165, 1.54) is 30.5 Å². The highest BCUT2D eigenvalue weighted by molar-refractivity contribution is 14.2. The number of likely N-dealkylation sites (tertiary alicyclic amines) is 1. The second-order valence-electron chi connectivity index (χ2n) is 7.95. The van der Waals surface area contributed by atoms with E-state index in [-0.39, 0.29) is 0 Å². The Hall–Kier alpha value is -2.22. The van der Waals surface area contributed by atoms with Crippen molar-refractivity contribution in [1.29, 1.82) is 0 Å². The van der Waals surface area contributed by atoms with E-state index in [1.54, 1.807) is 0 Å². The molecule has 2 aromatic rings. The molecule has 5 N–H and O–H groups in total. The highest BCUT2D eigenvalue weighted by Gasteiger charge is 2.22. The zero-order chi connectivity index (χ0) is 25.6. The van der Waals surface area contributed by atoms with Crippen molar-refractivity contribution in [3.05, 3.63) is 109 Å². The van der Waals surface area contributed by atoms with Crippen molar-refractivity contribution in [2.45, 2.75) is 44.8 Å². The van der Waals surface area contributed by atoms with Crippen LogP contribution in [0, 0.1) is 0 Å². The van der Waals surface area contributed by atoms with Crippen LogP contribution in [0.1, 0.15) is 36.8 Å². The quantitative estimate of drug-likeness (QED) is 0.206. The fourth-order valence-electron chi connectivity index (χ4n) is 3.18. The molecular weight excluding hydrogens is 531 g/mol. The molecule has 188 valence electrons. The number of nitrogens with one attached hydrogen (secondary N) is 1. The number of likely N-dealkylation sites (N-methyl/N-ethyl adjacent to an activating group) is 1. The minimum absolute atomic E-state index is 0.340. The van der Waals surface area contributed by atoms with Crippen LogP contribution in [0.4, 0.5) is 0 Å². The van der Waals surface area contributed by atoms with E-state index in [0.29, 0.717) is 33.3 Å². The van der Waals surface area contributed by atoms with Gasteiger partial charge in [-0.3, -0.25) is 4.90 Å². The van der Waals surface area contributed by atoms with Crippen molar-refractivity contribution in [1.82, 2.24) is 10.2 Å². The van der Waals surface area contributed by atoms with E-state index < -0.39 is 0 Å². The molecule has 34 heavy (non-hydrogen) atoms. The number of nitrogens with zero attached hydrogens (tertiary/aromatic N) is 1. The molecule has 3 rings (SSSR count). The molecule has 0 amide bonds. The molecule has 0 radical (unpaired) electrons. The van der Waals surface area contributed by atoms with E-state index in [1.807, 2.05) is 42.5 Å². The van der Waals surface area contributed by atoms with Gasteiger partial charge in [-0.05, 0) is 55.3 Å². The van der Waals surface area contributed by atoms with E-state index in [2.05, 4.69) is 70.7 Å². The Morgan fingerprint density at radius 1 is 1.09 bits per heavy atom. The summed E-state index contributed by atoms with van der Waals surface area (Å²) in [6.07, 6.45) is 6.15. The Morgan fingerprint density at radius 3 is 1.97 bits per heavy atom. The van der Waals surface area contributed by atoms with Crippen molar-refractivity contribution in [2.75, 3.05) is 18.5 Å². The molecule has 0 bridgehead atoms. The lowest BCUT2D eigenvalue weighted by molar-refractivity contribution is 0.334. The SMILES string of the molecule is C=C(NCc1ccccc1)C1CCCN1C.C=CCCC(=C)N.C=IC.NCc1ccccc1. The number of halogens is 1. The molecule has 0 spiro atoms. The van der Waals surface area contributed by atoms with Crippen molar-refractivity contribution < 1.29 is 0 Å². The van der Waals surface area contributed by atoms with Gasteiger partial charge < -0.3 is 16.8 Å². The lowest BCUT2D eigenvalue weighted by Crippen LogP contribution is -2.32. The van der Waals surface area contributed by atoms with Gasteiger partial charge >= 0.3 is 0 Å². The van der Waals surface area contributed by atoms with Crippen molar-refractivity contribution in [2.24, 2.45) is 11.5 Å². The van der Waals surface area contributed by atoms with Crippen LogP contribution in [-0.2, 0) is 13.1 Å². The Bertz CT molecular complexity index is 805. The van der Waals surface area contributed by atoms with E-state index in [4.69, 9.17) is 11.5 Å². The summed E-state index contributed by atoms with van der Waals surface area (Å²) >= 11 is 0.340. The maximum absolute atomic E-state index is 5.35. The minimum Gasteiger partial charge on any atom is -0.403 e. The predicted octanol–water partition coefficient (Wildman–Crippen LogP) is 5.97. The smallest absolute Gasteiger partial charge is 0.0486 e. The van der Waals surface area contributed by atoms with Crippen LogP contribution < -0.4 is 16.8 Å². The summed E-state index contributed by atoms with van der Waals surface area (Å²) in [5.74, 6) is 0.